The van der Waals surface area contributed by atoms with Gasteiger partial charge in [0.1, 0.15) is 0 Å². The van der Waals surface area contributed by atoms with Crippen molar-refractivity contribution in [1.29, 1.82) is 0 Å². The maximum absolute atomic E-state index is 2.32. The summed E-state index contributed by atoms with van der Waals surface area (Å²) in [6, 6.07) is 19.8. The van der Waals surface area contributed by atoms with Gasteiger partial charge in [-0.25, -0.2) is 0 Å². The lowest BCUT2D eigenvalue weighted by atomic mass is 9.38. The van der Waals surface area contributed by atoms with E-state index in [1.54, 1.807) is 0 Å². The Kier molecular flexibility index (Phi) is 5.67. The monoisotopic (exact) mass is 262 g/mol. The lowest BCUT2D eigenvalue weighted by molar-refractivity contribution is 1.14. The second-order valence-electron chi connectivity index (χ2n) is 5.33. The van der Waals surface area contributed by atoms with E-state index >= 15 is 0 Å². The molecule has 0 unspecified atom stereocenters. The van der Waals surface area contributed by atoms with Gasteiger partial charge in [0.2, 0.25) is 6.71 Å². The molecule has 0 aliphatic carbocycles. The molecule has 0 atom stereocenters. The summed E-state index contributed by atoms with van der Waals surface area (Å²) in [7, 11) is 0. The number of aryl methyl sites for hydroxylation is 1. The molecule has 0 N–H and O–H groups in total. The first-order valence-electron chi connectivity index (χ1n) is 7.57. The standard InChI is InChI=1S/C19H23B/c1-3-4-5-9-15-20(18-12-7-6-8-13-18)19-14-10-11-17(2)16-19/h4-8,10-14,16H,3,9,15H2,1-2H3. The zero-order chi connectivity index (χ0) is 14.2. The molecule has 0 spiro atoms. The average Bonchev–Trinajstić information content (AvgIpc) is 2.48. The summed E-state index contributed by atoms with van der Waals surface area (Å²) >= 11 is 0. The molecule has 102 valence electrons. The Morgan fingerprint density at radius 2 is 1.65 bits per heavy atom. The van der Waals surface area contributed by atoms with Gasteiger partial charge in [-0.2, -0.15) is 0 Å². The molecule has 0 aliphatic rings. The molecule has 0 radical (unpaired) electrons. The molecule has 0 aliphatic heterocycles. The summed E-state index contributed by atoms with van der Waals surface area (Å²) in [5, 5.41) is 0. The van der Waals surface area contributed by atoms with Crippen LogP contribution in [0, 0.1) is 6.92 Å². The SMILES string of the molecule is CCC=CCCB(c1ccccc1)c1cccc(C)c1. The quantitative estimate of drug-likeness (QED) is 0.546. The zero-order valence-electron chi connectivity index (χ0n) is 12.5. The highest BCUT2D eigenvalue weighted by molar-refractivity contribution is 6.85. The first-order chi connectivity index (χ1) is 9.81. The molecule has 0 heterocycles. The van der Waals surface area contributed by atoms with Crippen LogP contribution in [0.1, 0.15) is 25.3 Å². The van der Waals surface area contributed by atoms with Crippen molar-refractivity contribution < 1.29 is 0 Å². The van der Waals surface area contributed by atoms with E-state index in [0.29, 0.717) is 6.71 Å². The topological polar surface area (TPSA) is 0 Å². The van der Waals surface area contributed by atoms with Crippen LogP contribution in [0.15, 0.2) is 66.7 Å². The summed E-state index contributed by atoms with van der Waals surface area (Å²) in [5.41, 5.74) is 4.19. The molecule has 0 saturated carbocycles. The van der Waals surface area contributed by atoms with Crippen molar-refractivity contribution in [3.05, 3.63) is 72.3 Å². The van der Waals surface area contributed by atoms with Crippen LogP contribution >= 0.6 is 0 Å². The Balaban J connectivity index is 2.22. The lowest BCUT2D eigenvalue weighted by Gasteiger charge is -2.14. The van der Waals surface area contributed by atoms with E-state index in [1.807, 2.05) is 0 Å². The molecule has 0 aromatic heterocycles. The van der Waals surface area contributed by atoms with E-state index < -0.39 is 0 Å². The third-order valence-corrected chi connectivity index (χ3v) is 3.67. The maximum Gasteiger partial charge on any atom is 0.209 e. The van der Waals surface area contributed by atoms with Crippen molar-refractivity contribution >= 4 is 17.6 Å². The molecule has 0 nitrogen and oxygen atoms in total. The Bertz CT molecular complexity index is 543. The molecule has 2 aromatic rings. The Morgan fingerprint density at radius 3 is 2.35 bits per heavy atom. The second-order valence-corrected chi connectivity index (χ2v) is 5.33. The lowest BCUT2D eigenvalue weighted by Crippen LogP contribution is -2.41. The molecular formula is C19H23B. The van der Waals surface area contributed by atoms with Crippen LogP contribution in [0.25, 0.3) is 0 Å². The number of rotatable bonds is 6. The van der Waals surface area contributed by atoms with Crippen molar-refractivity contribution in [3.63, 3.8) is 0 Å². The molecule has 20 heavy (non-hydrogen) atoms. The van der Waals surface area contributed by atoms with Gasteiger partial charge in [0.15, 0.2) is 0 Å². The minimum absolute atomic E-state index is 0.498. The fourth-order valence-electron chi connectivity index (χ4n) is 2.65. The highest BCUT2D eigenvalue weighted by atomic mass is 14.0. The third-order valence-electron chi connectivity index (χ3n) is 3.67. The van der Waals surface area contributed by atoms with Crippen molar-refractivity contribution in [2.75, 3.05) is 0 Å². The number of allylic oxidation sites excluding steroid dienone is 2. The molecule has 0 saturated heterocycles. The van der Waals surface area contributed by atoms with Gasteiger partial charge in [-0.15, -0.1) is 0 Å². The van der Waals surface area contributed by atoms with E-state index in [4.69, 9.17) is 0 Å². The normalized spacial score (nSPS) is 10.9. The van der Waals surface area contributed by atoms with Gasteiger partial charge in [0.25, 0.3) is 0 Å². The maximum atomic E-state index is 2.32. The third kappa shape index (κ3) is 4.13. The number of hydrogen-bond donors (Lipinski definition) is 0. The van der Waals surface area contributed by atoms with Crippen LogP contribution in [0.3, 0.4) is 0 Å². The minimum Gasteiger partial charge on any atom is -0.0892 e. The first-order valence-corrected chi connectivity index (χ1v) is 7.57. The van der Waals surface area contributed by atoms with E-state index in [1.165, 1.54) is 22.8 Å². The average molecular weight is 262 g/mol. The summed E-state index contributed by atoms with van der Waals surface area (Å²) in [4.78, 5) is 0. The highest BCUT2D eigenvalue weighted by Crippen LogP contribution is 2.04. The minimum atomic E-state index is 0.498. The Hall–Kier alpha value is -1.76. The van der Waals surface area contributed by atoms with Crippen molar-refractivity contribution in [1.82, 2.24) is 0 Å². The summed E-state index contributed by atoms with van der Waals surface area (Å²) in [6.07, 6.45) is 8.01. The Labute approximate surface area is 123 Å². The number of benzene rings is 2. The molecule has 1 heteroatoms. The van der Waals surface area contributed by atoms with E-state index in [9.17, 15) is 0 Å². The van der Waals surface area contributed by atoms with Crippen LogP contribution in [-0.2, 0) is 0 Å². The van der Waals surface area contributed by atoms with E-state index in [0.717, 1.165) is 12.8 Å². The van der Waals surface area contributed by atoms with Crippen LogP contribution in [-0.4, -0.2) is 6.71 Å². The van der Waals surface area contributed by atoms with Crippen LogP contribution in [0.5, 0.6) is 0 Å². The van der Waals surface area contributed by atoms with Gasteiger partial charge in [-0.3, -0.25) is 0 Å². The molecule has 0 amide bonds. The first kappa shape index (κ1) is 14.6. The molecule has 0 fully saturated rings. The predicted molar refractivity (Wildman–Crippen MR) is 91.5 cm³/mol. The van der Waals surface area contributed by atoms with E-state index in [2.05, 4.69) is 80.6 Å². The van der Waals surface area contributed by atoms with Crippen LogP contribution in [0.2, 0.25) is 6.32 Å². The largest absolute Gasteiger partial charge is 0.209 e. The molecule has 0 bridgehead atoms. The van der Waals surface area contributed by atoms with Gasteiger partial charge in [-0.1, -0.05) is 96.5 Å². The van der Waals surface area contributed by atoms with Crippen LogP contribution < -0.4 is 10.9 Å². The Morgan fingerprint density at radius 1 is 0.900 bits per heavy atom. The van der Waals surface area contributed by atoms with Gasteiger partial charge >= 0.3 is 0 Å². The summed E-state index contributed by atoms with van der Waals surface area (Å²) < 4.78 is 0. The molecule has 2 aromatic carbocycles. The summed E-state index contributed by atoms with van der Waals surface area (Å²) in [6.45, 7) is 4.85. The van der Waals surface area contributed by atoms with Gasteiger partial charge in [0.05, 0.1) is 0 Å². The smallest absolute Gasteiger partial charge is 0.0892 e. The van der Waals surface area contributed by atoms with Crippen LogP contribution in [0.4, 0.5) is 0 Å². The van der Waals surface area contributed by atoms with Gasteiger partial charge in [-0.05, 0) is 19.8 Å². The summed E-state index contributed by atoms with van der Waals surface area (Å²) in [5.74, 6) is 0. The predicted octanol–water partition coefficient (Wildman–Crippen LogP) is 3.96. The van der Waals surface area contributed by atoms with Gasteiger partial charge < -0.3 is 0 Å². The van der Waals surface area contributed by atoms with Gasteiger partial charge in [0, 0.05) is 0 Å². The highest BCUT2D eigenvalue weighted by Gasteiger charge is 2.17. The molecular weight excluding hydrogens is 239 g/mol. The second kappa shape index (κ2) is 7.74. The van der Waals surface area contributed by atoms with Crippen molar-refractivity contribution in [3.8, 4) is 0 Å². The fraction of sp³-hybridized carbons (Fsp3) is 0.263. The fourth-order valence-corrected chi connectivity index (χ4v) is 2.65. The van der Waals surface area contributed by atoms with E-state index in [-0.39, 0.29) is 0 Å². The van der Waals surface area contributed by atoms with Crippen molar-refractivity contribution in [2.24, 2.45) is 0 Å². The van der Waals surface area contributed by atoms with Crippen molar-refractivity contribution in [2.45, 2.75) is 33.0 Å². The molecule has 2 rings (SSSR count). The zero-order valence-corrected chi connectivity index (χ0v) is 12.5. The number of hydrogen-bond acceptors (Lipinski definition) is 0.